The molecule has 2 atom stereocenters. The van der Waals surface area contributed by atoms with Crippen molar-refractivity contribution >= 4 is 53.1 Å². The highest BCUT2D eigenvalue weighted by atomic mass is 35.5. The van der Waals surface area contributed by atoms with Crippen molar-refractivity contribution in [3.05, 3.63) is 119 Å². The van der Waals surface area contributed by atoms with Gasteiger partial charge in [0.05, 0.1) is 5.52 Å². The summed E-state index contributed by atoms with van der Waals surface area (Å²) in [5.41, 5.74) is 10.1. The standard InChI is InChI=1S/C30H30ClFN4.C6H6BFO2/c31-25-11-14-27-28(17-25)35-29(36-30(27)34-19-22-3-1-2-21(16-22)18-33)15-6-20-4-7-23(8-5-20)24-9-12-26(32)13-10-24;8-6-3-1-5(2-4-6)7(9)10/h4-15,17,21-22H,1-3,16,18-19,33H2,(H,34,35,36);1-4,9-10H. The fourth-order valence-corrected chi connectivity index (χ4v) is 5.77. The van der Waals surface area contributed by atoms with Crippen molar-refractivity contribution in [2.24, 2.45) is 17.6 Å². The van der Waals surface area contributed by atoms with Crippen molar-refractivity contribution < 1.29 is 18.8 Å². The third-order valence-electron chi connectivity index (χ3n) is 8.14. The zero-order valence-electron chi connectivity index (χ0n) is 25.3. The third kappa shape index (κ3) is 9.20. The topological polar surface area (TPSA) is 104 Å². The first kappa shape index (κ1) is 33.2. The Balaban J connectivity index is 0.000000356. The van der Waals surface area contributed by atoms with Crippen LogP contribution in [0.3, 0.4) is 0 Å². The van der Waals surface area contributed by atoms with Gasteiger partial charge in [0.2, 0.25) is 0 Å². The van der Waals surface area contributed by atoms with Crippen LogP contribution in [0.25, 0.3) is 34.2 Å². The van der Waals surface area contributed by atoms with Gasteiger partial charge >= 0.3 is 7.12 Å². The lowest BCUT2D eigenvalue weighted by Crippen LogP contribution is -2.29. The monoisotopic (exact) mass is 640 g/mol. The Morgan fingerprint density at radius 3 is 2.11 bits per heavy atom. The second-order valence-electron chi connectivity index (χ2n) is 11.5. The Bertz CT molecular complexity index is 1750. The molecule has 236 valence electrons. The lowest BCUT2D eigenvalue weighted by Gasteiger charge is -2.28. The number of nitrogens with one attached hydrogen (secondary N) is 1. The highest BCUT2D eigenvalue weighted by Gasteiger charge is 2.21. The van der Waals surface area contributed by atoms with Crippen LogP contribution in [-0.4, -0.2) is 40.2 Å². The molecule has 10 heteroatoms. The Morgan fingerprint density at radius 1 is 0.826 bits per heavy atom. The molecule has 1 fully saturated rings. The average molecular weight is 641 g/mol. The highest BCUT2D eigenvalue weighted by molar-refractivity contribution is 6.58. The number of rotatable bonds is 8. The fraction of sp³-hybridized carbons (Fsp3) is 0.222. The van der Waals surface area contributed by atoms with Crippen LogP contribution in [0.1, 0.15) is 37.1 Å². The van der Waals surface area contributed by atoms with Crippen LogP contribution in [0, 0.1) is 23.5 Å². The summed E-state index contributed by atoms with van der Waals surface area (Å²) in [6.45, 7) is 1.64. The molecule has 0 bridgehead atoms. The first-order valence-corrected chi connectivity index (χ1v) is 15.7. The summed E-state index contributed by atoms with van der Waals surface area (Å²) in [7, 11) is -1.51. The first-order chi connectivity index (χ1) is 22.3. The van der Waals surface area contributed by atoms with E-state index in [0.29, 0.717) is 28.1 Å². The van der Waals surface area contributed by atoms with E-state index in [-0.39, 0.29) is 11.6 Å². The molecule has 1 heterocycles. The quantitative estimate of drug-likeness (QED) is 0.137. The summed E-state index contributed by atoms with van der Waals surface area (Å²) in [6, 6.07) is 25.4. The SMILES string of the molecule is NCC1CCCC(CNc2nc(C=Cc3ccc(-c4ccc(F)cc4)cc3)nc3cc(Cl)ccc23)C1.OB(O)c1ccc(F)cc1. The summed E-state index contributed by atoms with van der Waals surface area (Å²) in [5.74, 6) is 2.06. The predicted octanol–water partition coefficient (Wildman–Crippen LogP) is 6.94. The molecule has 6 nitrogen and oxygen atoms in total. The maximum absolute atomic E-state index is 13.2. The molecule has 2 unspecified atom stereocenters. The minimum atomic E-state index is -1.51. The predicted molar refractivity (Wildman–Crippen MR) is 185 cm³/mol. The molecule has 46 heavy (non-hydrogen) atoms. The average Bonchev–Trinajstić information content (AvgIpc) is 3.07. The second kappa shape index (κ2) is 15.9. The van der Waals surface area contributed by atoms with Gasteiger partial charge in [-0.05, 0) is 108 Å². The molecule has 5 aromatic rings. The van der Waals surface area contributed by atoms with Crippen molar-refractivity contribution in [3.63, 3.8) is 0 Å². The summed E-state index contributed by atoms with van der Waals surface area (Å²) in [6.07, 6.45) is 8.78. The molecule has 5 N–H and O–H groups in total. The number of fused-ring (bicyclic) bond motifs is 1. The van der Waals surface area contributed by atoms with Crippen LogP contribution in [0.4, 0.5) is 14.6 Å². The van der Waals surface area contributed by atoms with Crippen LogP contribution >= 0.6 is 11.6 Å². The number of halogens is 3. The molecule has 0 aliphatic heterocycles. The normalized spacial score (nSPS) is 16.2. The van der Waals surface area contributed by atoms with Gasteiger partial charge in [0.15, 0.2) is 5.82 Å². The largest absolute Gasteiger partial charge is 0.488 e. The number of aromatic nitrogens is 2. The molecule has 0 amide bonds. The summed E-state index contributed by atoms with van der Waals surface area (Å²) >= 11 is 6.27. The number of nitrogens with two attached hydrogens (primary N) is 1. The molecule has 1 aliphatic rings. The van der Waals surface area contributed by atoms with E-state index in [2.05, 4.69) is 5.32 Å². The lowest BCUT2D eigenvalue weighted by atomic mass is 9.80. The Kier molecular flexibility index (Phi) is 11.5. The molecule has 1 aromatic heterocycles. The highest BCUT2D eigenvalue weighted by Crippen LogP contribution is 2.30. The van der Waals surface area contributed by atoms with Crippen LogP contribution < -0.4 is 16.5 Å². The van der Waals surface area contributed by atoms with Crippen molar-refractivity contribution in [2.45, 2.75) is 25.7 Å². The van der Waals surface area contributed by atoms with E-state index in [1.165, 1.54) is 62.1 Å². The Hall–Kier alpha value is -4.15. The van der Waals surface area contributed by atoms with Crippen LogP contribution in [-0.2, 0) is 0 Å². The maximum Gasteiger partial charge on any atom is 0.488 e. The van der Waals surface area contributed by atoms with Gasteiger partial charge in [-0.25, -0.2) is 18.7 Å². The van der Waals surface area contributed by atoms with Gasteiger partial charge in [-0.1, -0.05) is 72.6 Å². The van der Waals surface area contributed by atoms with E-state index in [1.807, 2.05) is 54.6 Å². The second-order valence-corrected chi connectivity index (χ2v) is 11.9. The number of nitrogens with zero attached hydrogens (tertiary/aromatic N) is 2. The Labute approximate surface area is 273 Å². The van der Waals surface area contributed by atoms with Gasteiger partial charge in [-0.2, -0.15) is 0 Å². The van der Waals surface area contributed by atoms with E-state index in [1.54, 1.807) is 12.1 Å². The van der Waals surface area contributed by atoms with Crippen molar-refractivity contribution in [2.75, 3.05) is 18.4 Å². The lowest BCUT2D eigenvalue weighted by molar-refractivity contribution is 0.281. The molecule has 6 rings (SSSR count). The molecule has 1 aliphatic carbocycles. The third-order valence-corrected chi connectivity index (χ3v) is 8.38. The fourth-order valence-electron chi connectivity index (χ4n) is 5.61. The van der Waals surface area contributed by atoms with Gasteiger partial charge in [-0.3, -0.25) is 0 Å². The zero-order chi connectivity index (χ0) is 32.5. The zero-order valence-corrected chi connectivity index (χ0v) is 26.0. The number of anilines is 1. The van der Waals surface area contributed by atoms with Crippen LogP contribution in [0.15, 0.2) is 91.0 Å². The van der Waals surface area contributed by atoms with Gasteiger partial charge in [0, 0.05) is 17.0 Å². The van der Waals surface area contributed by atoms with Gasteiger partial charge in [-0.15, -0.1) is 0 Å². The van der Waals surface area contributed by atoms with Gasteiger partial charge in [0.1, 0.15) is 17.5 Å². The molecule has 0 radical (unpaired) electrons. The van der Waals surface area contributed by atoms with Gasteiger partial charge in [0.25, 0.3) is 0 Å². The number of benzene rings is 4. The molecule has 4 aromatic carbocycles. The smallest absolute Gasteiger partial charge is 0.423 e. The van der Waals surface area contributed by atoms with Crippen molar-refractivity contribution in [1.82, 2.24) is 9.97 Å². The number of hydrogen-bond donors (Lipinski definition) is 4. The van der Waals surface area contributed by atoms with E-state index in [9.17, 15) is 8.78 Å². The molecular weight excluding hydrogens is 605 g/mol. The van der Waals surface area contributed by atoms with Crippen molar-refractivity contribution in [3.8, 4) is 11.1 Å². The first-order valence-electron chi connectivity index (χ1n) is 15.3. The minimum Gasteiger partial charge on any atom is -0.423 e. The van der Waals surface area contributed by atoms with E-state index >= 15 is 0 Å². The number of hydrogen-bond acceptors (Lipinski definition) is 6. The summed E-state index contributed by atoms with van der Waals surface area (Å²) < 4.78 is 25.4. The minimum absolute atomic E-state index is 0.234. The van der Waals surface area contributed by atoms with E-state index < -0.39 is 7.12 Å². The van der Waals surface area contributed by atoms with Crippen molar-refractivity contribution in [1.29, 1.82) is 0 Å². The molecule has 0 spiro atoms. The molecular formula is C36H36BClF2N4O2. The maximum atomic E-state index is 13.2. The Morgan fingerprint density at radius 2 is 1.46 bits per heavy atom. The summed E-state index contributed by atoms with van der Waals surface area (Å²) in [4.78, 5) is 9.56. The summed E-state index contributed by atoms with van der Waals surface area (Å²) in [5, 5.41) is 22.3. The van der Waals surface area contributed by atoms with Crippen LogP contribution in [0.2, 0.25) is 5.02 Å². The van der Waals surface area contributed by atoms with Gasteiger partial charge < -0.3 is 21.1 Å². The molecule has 0 saturated heterocycles. The molecule has 1 saturated carbocycles. The van der Waals surface area contributed by atoms with Crippen LogP contribution in [0.5, 0.6) is 0 Å². The van der Waals surface area contributed by atoms with E-state index in [4.69, 9.17) is 37.4 Å². The van der Waals surface area contributed by atoms with E-state index in [0.717, 1.165) is 46.5 Å².